The first kappa shape index (κ1) is 16.5. The van der Waals surface area contributed by atoms with Crippen molar-refractivity contribution in [1.29, 1.82) is 0 Å². The standard InChI is InChI=1S/C15H16ClNO4S/c1-3-21-13-9-8-11(10-14(13)20-2)17-22(18,19)15-7-5-4-6-12(15)16/h4-10,17H,3H2,1-2H3. The van der Waals surface area contributed by atoms with Crippen LogP contribution in [-0.2, 0) is 10.0 Å². The molecular weight excluding hydrogens is 326 g/mol. The maximum Gasteiger partial charge on any atom is 0.263 e. The normalized spacial score (nSPS) is 11.0. The molecule has 1 N–H and O–H groups in total. The molecule has 0 heterocycles. The van der Waals surface area contributed by atoms with E-state index in [-0.39, 0.29) is 9.92 Å². The molecule has 0 saturated carbocycles. The van der Waals surface area contributed by atoms with E-state index in [0.717, 1.165) is 0 Å². The van der Waals surface area contributed by atoms with E-state index in [1.807, 2.05) is 6.92 Å². The van der Waals surface area contributed by atoms with Crippen molar-refractivity contribution in [3.8, 4) is 11.5 Å². The summed E-state index contributed by atoms with van der Waals surface area (Å²) in [6, 6.07) is 11.0. The van der Waals surface area contributed by atoms with E-state index < -0.39 is 10.0 Å². The molecule has 0 aliphatic rings. The molecule has 0 fully saturated rings. The van der Waals surface area contributed by atoms with Gasteiger partial charge in [0.15, 0.2) is 11.5 Å². The van der Waals surface area contributed by atoms with E-state index in [0.29, 0.717) is 23.8 Å². The fourth-order valence-corrected chi connectivity index (χ4v) is 3.45. The molecule has 0 aliphatic carbocycles. The van der Waals surface area contributed by atoms with Crippen LogP contribution >= 0.6 is 11.6 Å². The third-order valence-electron chi connectivity index (χ3n) is 2.84. The largest absolute Gasteiger partial charge is 0.493 e. The SMILES string of the molecule is CCOc1ccc(NS(=O)(=O)c2ccccc2Cl)cc1OC. The topological polar surface area (TPSA) is 64.6 Å². The molecule has 118 valence electrons. The molecule has 0 spiro atoms. The van der Waals surface area contributed by atoms with Crippen LogP contribution in [0, 0.1) is 0 Å². The zero-order valence-electron chi connectivity index (χ0n) is 12.2. The van der Waals surface area contributed by atoms with Crippen molar-refractivity contribution in [2.45, 2.75) is 11.8 Å². The summed E-state index contributed by atoms with van der Waals surface area (Å²) < 4.78 is 37.8. The number of methoxy groups -OCH3 is 1. The molecule has 0 atom stereocenters. The van der Waals surface area contributed by atoms with Crippen LogP contribution in [0.1, 0.15) is 6.92 Å². The number of hydrogen-bond donors (Lipinski definition) is 1. The Hall–Kier alpha value is -1.92. The van der Waals surface area contributed by atoms with Gasteiger partial charge in [0.05, 0.1) is 24.4 Å². The van der Waals surface area contributed by atoms with E-state index in [2.05, 4.69) is 4.72 Å². The zero-order valence-corrected chi connectivity index (χ0v) is 13.7. The van der Waals surface area contributed by atoms with Gasteiger partial charge in [0, 0.05) is 6.07 Å². The predicted octanol–water partition coefficient (Wildman–Crippen LogP) is 3.55. The highest BCUT2D eigenvalue weighted by atomic mass is 35.5. The summed E-state index contributed by atoms with van der Waals surface area (Å²) >= 11 is 5.94. The molecule has 2 aromatic rings. The summed E-state index contributed by atoms with van der Waals surface area (Å²) in [5.74, 6) is 0.993. The Morgan fingerprint density at radius 1 is 1.14 bits per heavy atom. The van der Waals surface area contributed by atoms with E-state index in [1.54, 1.807) is 30.3 Å². The Labute approximate surface area is 134 Å². The highest BCUT2D eigenvalue weighted by molar-refractivity contribution is 7.92. The molecule has 0 amide bonds. The van der Waals surface area contributed by atoms with Gasteiger partial charge in [-0.05, 0) is 31.2 Å². The molecule has 5 nitrogen and oxygen atoms in total. The van der Waals surface area contributed by atoms with E-state index in [9.17, 15) is 8.42 Å². The van der Waals surface area contributed by atoms with Crippen LogP contribution in [0.5, 0.6) is 11.5 Å². The van der Waals surface area contributed by atoms with Gasteiger partial charge >= 0.3 is 0 Å². The Morgan fingerprint density at radius 3 is 2.50 bits per heavy atom. The van der Waals surface area contributed by atoms with Gasteiger partial charge in [0.25, 0.3) is 10.0 Å². The number of halogens is 1. The lowest BCUT2D eigenvalue weighted by molar-refractivity contribution is 0.311. The van der Waals surface area contributed by atoms with Crippen molar-refractivity contribution in [1.82, 2.24) is 0 Å². The minimum absolute atomic E-state index is 0.0181. The summed E-state index contributed by atoms with van der Waals surface area (Å²) in [7, 11) is -2.28. The summed E-state index contributed by atoms with van der Waals surface area (Å²) in [5, 5.41) is 0.160. The van der Waals surface area contributed by atoms with Crippen LogP contribution in [0.25, 0.3) is 0 Å². The maximum absolute atomic E-state index is 12.4. The monoisotopic (exact) mass is 341 g/mol. The number of nitrogens with one attached hydrogen (secondary N) is 1. The first-order valence-corrected chi connectivity index (χ1v) is 8.42. The summed E-state index contributed by atoms with van der Waals surface area (Å²) in [5.41, 5.74) is 0.361. The van der Waals surface area contributed by atoms with Crippen molar-refractivity contribution in [2.75, 3.05) is 18.4 Å². The van der Waals surface area contributed by atoms with Crippen LogP contribution in [-0.4, -0.2) is 22.1 Å². The lowest BCUT2D eigenvalue weighted by Gasteiger charge is -2.13. The first-order chi connectivity index (χ1) is 10.5. The molecule has 0 radical (unpaired) electrons. The van der Waals surface area contributed by atoms with Crippen molar-refractivity contribution in [3.05, 3.63) is 47.5 Å². The fourth-order valence-electron chi connectivity index (χ4n) is 1.88. The Balaban J connectivity index is 2.32. The van der Waals surface area contributed by atoms with Crippen LogP contribution < -0.4 is 14.2 Å². The van der Waals surface area contributed by atoms with Crippen molar-refractivity contribution in [2.24, 2.45) is 0 Å². The molecule has 2 aromatic carbocycles. The lowest BCUT2D eigenvalue weighted by Crippen LogP contribution is -2.13. The minimum Gasteiger partial charge on any atom is -0.493 e. The maximum atomic E-state index is 12.4. The Kier molecular flexibility index (Phi) is 5.15. The average Bonchev–Trinajstić information content (AvgIpc) is 2.49. The Bertz CT molecular complexity index is 762. The van der Waals surface area contributed by atoms with Gasteiger partial charge in [-0.3, -0.25) is 4.72 Å². The molecule has 0 unspecified atom stereocenters. The molecule has 7 heteroatoms. The van der Waals surface area contributed by atoms with Crippen LogP contribution in [0.15, 0.2) is 47.4 Å². The van der Waals surface area contributed by atoms with Gasteiger partial charge in [-0.2, -0.15) is 0 Å². The van der Waals surface area contributed by atoms with E-state index in [1.165, 1.54) is 19.2 Å². The molecule has 22 heavy (non-hydrogen) atoms. The molecule has 0 saturated heterocycles. The average molecular weight is 342 g/mol. The quantitative estimate of drug-likeness (QED) is 0.872. The second kappa shape index (κ2) is 6.89. The second-order valence-electron chi connectivity index (χ2n) is 4.33. The van der Waals surface area contributed by atoms with Gasteiger partial charge in [0.2, 0.25) is 0 Å². The highest BCUT2D eigenvalue weighted by Crippen LogP contribution is 2.31. The van der Waals surface area contributed by atoms with E-state index in [4.69, 9.17) is 21.1 Å². The van der Waals surface area contributed by atoms with Crippen molar-refractivity contribution >= 4 is 27.3 Å². The van der Waals surface area contributed by atoms with Gasteiger partial charge in [-0.25, -0.2) is 8.42 Å². The molecule has 0 aromatic heterocycles. The van der Waals surface area contributed by atoms with Gasteiger partial charge in [0.1, 0.15) is 4.90 Å². The number of sulfonamides is 1. The zero-order chi connectivity index (χ0) is 16.2. The molecule has 0 bridgehead atoms. The van der Waals surface area contributed by atoms with Crippen LogP contribution in [0.2, 0.25) is 5.02 Å². The molecular formula is C15H16ClNO4S. The summed E-state index contributed by atoms with van der Waals surface area (Å²) in [6.07, 6.45) is 0. The van der Waals surface area contributed by atoms with Crippen LogP contribution in [0.3, 0.4) is 0 Å². The molecule has 2 rings (SSSR count). The molecule has 0 aliphatic heterocycles. The minimum atomic E-state index is -3.77. The number of rotatable bonds is 6. The third kappa shape index (κ3) is 3.64. The fraction of sp³-hybridized carbons (Fsp3) is 0.200. The summed E-state index contributed by atoms with van der Waals surface area (Å²) in [4.78, 5) is 0.0181. The second-order valence-corrected chi connectivity index (χ2v) is 6.39. The summed E-state index contributed by atoms with van der Waals surface area (Å²) in [6.45, 7) is 2.34. The lowest BCUT2D eigenvalue weighted by atomic mass is 10.3. The first-order valence-electron chi connectivity index (χ1n) is 6.56. The number of benzene rings is 2. The predicted molar refractivity (Wildman–Crippen MR) is 86.4 cm³/mol. The van der Waals surface area contributed by atoms with Gasteiger partial charge < -0.3 is 9.47 Å². The third-order valence-corrected chi connectivity index (χ3v) is 4.72. The van der Waals surface area contributed by atoms with Gasteiger partial charge in [-0.1, -0.05) is 23.7 Å². The van der Waals surface area contributed by atoms with Crippen molar-refractivity contribution in [3.63, 3.8) is 0 Å². The van der Waals surface area contributed by atoms with Crippen molar-refractivity contribution < 1.29 is 17.9 Å². The Morgan fingerprint density at radius 2 is 1.86 bits per heavy atom. The smallest absolute Gasteiger partial charge is 0.263 e. The van der Waals surface area contributed by atoms with Gasteiger partial charge in [-0.15, -0.1) is 0 Å². The number of ether oxygens (including phenoxy) is 2. The highest BCUT2D eigenvalue weighted by Gasteiger charge is 2.18. The number of anilines is 1. The van der Waals surface area contributed by atoms with Crippen LogP contribution in [0.4, 0.5) is 5.69 Å². The van der Waals surface area contributed by atoms with E-state index >= 15 is 0 Å². The number of hydrogen-bond acceptors (Lipinski definition) is 4.